The van der Waals surface area contributed by atoms with Gasteiger partial charge in [-0.1, -0.05) is 11.6 Å². The van der Waals surface area contributed by atoms with Gasteiger partial charge in [0.15, 0.2) is 0 Å². The summed E-state index contributed by atoms with van der Waals surface area (Å²) < 4.78 is 13.0. The fourth-order valence-corrected chi connectivity index (χ4v) is 2.39. The Morgan fingerprint density at radius 1 is 1.58 bits per heavy atom. The second-order valence-corrected chi connectivity index (χ2v) is 5.22. The highest BCUT2D eigenvalue weighted by Crippen LogP contribution is 2.19. The summed E-state index contributed by atoms with van der Waals surface area (Å²) in [4.78, 5) is 13.9. The molecule has 1 fully saturated rings. The number of nitrogens with one attached hydrogen (secondary N) is 1. The number of nitrogens with two attached hydrogens (primary N) is 1. The number of halogens is 2. The van der Waals surface area contributed by atoms with Gasteiger partial charge in [0.05, 0.1) is 11.6 Å². The number of carbonyl (C=O) groups excluding carboxylic acids is 1. The van der Waals surface area contributed by atoms with Crippen molar-refractivity contribution in [2.24, 2.45) is 5.73 Å². The molecule has 0 radical (unpaired) electrons. The van der Waals surface area contributed by atoms with E-state index in [-0.39, 0.29) is 17.0 Å². The zero-order valence-electron chi connectivity index (χ0n) is 10.5. The number of hydrogen-bond donors (Lipinski definition) is 2. The molecule has 1 saturated heterocycles. The minimum absolute atomic E-state index is 0.00204. The molecule has 6 heteroatoms. The molecule has 19 heavy (non-hydrogen) atoms. The molecule has 0 unspecified atom stereocenters. The van der Waals surface area contributed by atoms with Crippen molar-refractivity contribution in [1.29, 1.82) is 0 Å². The van der Waals surface area contributed by atoms with Gasteiger partial charge in [-0.2, -0.15) is 0 Å². The van der Waals surface area contributed by atoms with Crippen molar-refractivity contribution >= 4 is 23.2 Å². The Kier molecular flexibility index (Phi) is 4.74. The number of benzene rings is 1. The van der Waals surface area contributed by atoms with E-state index < -0.39 is 5.82 Å². The van der Waals surface area contributed by atoms with Crippen molar-refractivity contribution in [2.45, 2.75) is 18.9 Å². The molecule has 0 bridgehead atoms. The molecular weight excluding hydrogens is 269 g/mol. The smallest absolute Gasteiger partial charge is 0.238 e. The van der Waals surface area contributed by atoms with E-state index in [9.17, 15) is 9.18 Å². The van der Waals surface area contributed by atoms with Gasteiger partial charge in [0.1, 0.15) is 5.82 Å². The third-order valence-electron chi connectivity index (χ3n) is 3.11. The maximum Gasteiger partial charge on any atom is 0.238 e. The van der Waals surface area contributed by atoms with E-state index >= 15 is 0 Å². The molecule has 4 nitrogen and oxygen atoms in total. The van der Waals surface area contributed by atoms with Crippen molar-refractivity contribution in [3.05, 3.63) is 29.0 Å². The van der Waals surface area contributed by atoms with Crippen molar-refractivity contribution in [3.8, 4) is 0 Å². The Labute approximate surface area is 116 Å². The van der Waals surface area contributed by atoms with Crippen LogP contribution in [0.3, 0.4) is 0 Å². The third kappa shape index (κ3) is 4.16. The lowest BCUT2D eigenvalue weighted by atomic mass is 10.1. The maximum absolute atomic E-state index is 13.0. The van der Waals surface area contributed by atoms with Gasteiger partial charge in [-0.15, -0.1) is 0 Å². The number of rotatable bonds is 3. The number of anilines is 1. The van der Waals surface area contributed by atoms with E-state index in [1.165, 1.54) is 18.2 Å². The van der Waals surface area contributed by atoms with Gasteiger partial charge in [-0.05, 0) is 37.6 Å². The quantitative estimate of drug-likeness (QED) is 0.891. The molecule has 0 aliphatic carbocycles. The number of amides is 1. The SMILES string of the molecule is N[C@@H]1CCCN(CC(=O)Nc2ccc(F)c(Cl)c2)C1. The Bertz CT molecular complexity index is 469. The van der Waals surface area contributed by atoms with E-state index in [1.54, 1.807) is 0 Å². The summed E-state index contributed by atoms with van der Waals surface area (Å²) in [6, 6.07) is 4.26. The molecule has 1 aliphatic rings. The average molecular weight is 286 g/mol. The summed E-state index contributed by atoms with van der Waals surface area (Å²) in [6.45, 7) is 1.91. The number of likely N-dealkylation sites (tertiary alicyclic amines) is 1. The van der Waals surface area contributed by atoms with Crippen LogP contribution in [0.15, 0.2) is 18.2 Å². The van der Waals surface area contributed by atoms with Gasteiger partial charge >= 0.3 is 0 Å². The molecule has 1 aromatic carbocycles. The second-order valence-electron chi connectivity index (χ2n) is 4.81. The van der Waals surface area contributed by atoms with Crippen molar-refractivity contribution < 1.29 is 9.18 Å². The van der Waals surface area contributed by atoms with E-state index in [0.717, 1.165) is 25.9 Å². The van der Waals surface area contributed by atoms with Crippen LogP contribution in [0.5, 0.6) is 0 Å². The molecule has 1 aliphatic heterocycles. The Hall–Kier alpha value is -1.17. The highest BCUT2D eigenvalue weighted by atomic mass is 35.5. The molecule has 104 valence electrons. The first-order valence-electron chi connectivity index (χ1n) is 6.27. The highest BCUT2D eigenvalue weighted by molar-refractivity contribution is 6.31. The Morgan fingerprint density at radius 2 is 2.37 bits per heavy atom. The minimum atomic E-state index is -0.498. The lowest BCUT2D eigenvalue weighted by Crippen LogP contribution is -2.45. The van der Waals surface area contributed by atoms with Crippen LogP contribution >= 0.6 is 11.6 Å². The third-order valence-corrected chi connectivity index (χ3v) is 3.40. The van der Waals surface area contributed by atoms with Crippen LogP contribution in [-0.2, 0) is 4.79 Å². The predicted octanol–water partition coefficient (Wildman–Crippen LogP) is 1.84. The minimum Gasteiger partial charge on any atom is -0.327 e. The lowest BCUT2D eigenvalue weighted by molar-refractivity contribution is -0.117. The molecule has 0 saturated carbocycles. The molecule has 1 amide bonds. The number of piperidine rings is 1. The number of hydrogen-bond acceptors (Lipinski definition) is 3. The zero-order valence-corrected chi connectivity index (χ0v) is 11.3. The van der Waals surface area contributed by atoms with Gasteiger partial charge in [-0.25, -0.2) is 4.39 Å². The Balaban J connectivity index is 1.88. The average Bonchev–Trinajstić information content (AvgIpc) is 2.34. The molecule has 1 aromatic rings. The molecule has 0 spiro atoms. The van der Waals surface area contributed by atoms with Crippen LogP contribution in [0.4, 0.5) is 10.1 Å². The summed E-state index contributed by atoms with van der Waals surface area (Å²) in [5.74, 6) is -0.640. The molecule has 1 atom stereocenters. The molecule has 0 aromatic heterocycles. The monoisotopic (exact) mass is 285 g/mol. The summed E-state index contributed by atoms with van der Waals surface area (Å²) in [5, 5.41) is 2.70. The van der Waals surface area contributed by atoms with Crippen LogP contribution in [0.1, 0.15) is 12.8 Å². The largest absolute Gasteiger partial charge is 0.327 e. The molecule has 1 heterocycles. The first kappa shape index (κ1) is 14.2. The maximum atomic E-state index is 13.0. The molecule has 2 rings (SSSR count). The highest BCUT2D eigenvalue weighted by Gasteiger charge is 2.18. The summed E-state index contributed by atoms with van der Waals surface area (Å²) in [6.07, 6.45) is 2.02. The van der Waals surface area contributed by atoms with Crippen LogP contribution in [0.25, 0.3) is 0 Å². The Morgan fingerprint density at radius 3 is 3.05 bits per heavy atom. The van der Waals surface area contributed by atoms with E-state index in [1.807, 2.05) is 4.90 Å². The van der Waals surface area contributed by atoms with E-state index in [0.29, 0.717) is 12.2 Å². The first-order valence-corrected chi connectivity index (χ1v) is 6.65. The predicted molar refractivity (Wildman–Crippen MR) is 73.7 cm³/mol. The van der Waals surface area contributed by atoms with E-state index in [4.69, 9.17) is 17.3 Å². The van der Waals surface area contributed by atoms with Crippen molar-refractivity contribution in [1.82, 2.24) is 4.90 Å². The second kappa shape index (κ2) is 6.32. The van der Waals surface area contributed by atoms with Gasteiger partial charge in [0.25, 0.3) is 0 Å². The van der Waals surface area contributed by atoms with Gasteiger partial charge in [0.2, 0.25) is 5.91 Å². The summed E-state index contributed by atoms with van der Waals surface area (Å²) in [5.41, 5.74) is 6.36. The topological polar surface area (TPSA) is 58.4 Å². The van der Waals surface area contributed by atoms with Gasteiger partial charge in [-0.3, -0.25) is 9.69 Å². The fraction of sp³-hybridized carbons (Fsp3) is 0.462. The normalized spacial score (nSPS) is 20.3. The van der Waals surface area contributed by atoms with Crippen LogP contribution in [-0.4, -0.2) is 36.5 Å². The zero-order chi connectivity index (χ0) is 13.8. The molecular formula is C13H17ClFN3O. The van der Waals surface area contributed by atoms with Gasteiger partial charge < -0.3 is 11.1 Å². The standard InChI is InChI=1S/C13H17ClFN3O/c14-11-6-10(3-4-12(11)15)17-13(19)8-18-5-1-2-9(16)7-18/h3-4,6,9H,1-2,5,7-8,16H2,(H,17,19)/t9-/m1/s1. The first-order chi connectivity index (χ1) is 9.04. The summed E-state index contributed by atoms with van der Waals surface area (Å²) >= 11 is 5.66. The molecule has 3 N–H and O–H groups in total. The summed E-state index contributed by atoms with van der Waals surface area (Å²) in [7, 11) is 0. The van der Waals surface area contributed by atoms with Crippen molar-refractivity contribution in [2.75, 3.05) is 25.0 Å². The number of carbonyl (C=O) groups is 1. The fourth-order valence-electron chi connectivity index (χ4n) is 2.21. The van der Waals surface area contributed by atoms with Crippen LogP contribution < -0.4 is 11.1 Å². The van der Waals surface area contributed by atoms with Crippen LogP contribution in [0.2, 0.25) is 5.02 Å². The van der Waals surface area contributed by atoms with Crippen LogP contribution in [0, 0.1) is 5.82 Å². The van der Waals surface area contributed by atoms with Crippen molar-refractivity contribution in [3.63, 3.8) is 0 Å². The lowest BCUT2D eigenvalue weighted by Gasteiger charge is -2.29. The number of nitrogens with zero attached hydrogens (tertiary/aromatic N) is 1. The van der Waals surface area contributed by atoms with E-state index in [2.05, 4.69) is 5.32 Å². The van der Waals surface area contributed by atoms with Gasteiger partial charge in [0, 0.05) is 18.3 Å².